The third kappa shape index (κ3) is 5.71. The fourth-order valence-electron chi connectivity index (χ4n) is 3.52. The maximum Gasteiger partial charge on any atom is 0.0558 e. The van der Waals surface area contributed by atoms with Crippen LogP contribution in [0.3, 0.4) is 0 Å². The van der Waals surface area contributed by atoms with E-state index in [9.17, 15) is 5.11 Å². The van der Waals surface area contributed by atoms with Crippen molar-refractivity contribution >= 4 is 0 Å². The van der Waals surface area contributed by atoms with Crippen molar-refractivity contribution in [3.05, 3.63) is 0 Å². The summed E-state index contributed by atoms with van der Waals surface area (Å²) in [6, 6.07) is 1.17. The molecule has 2 N–H and O–H groups in total. The molecule has 20 heavy (non-hydrogen) atoms. The minimum absolute atomic E-state index is 0.265. The van der Waals surface area contributed by atoms with Crippen LogP contribution in [-0.4, -0.2) is 48.3 Å². The van der Waals surface area contributed by atoms with Gasteiger partial charge < -0.3 is 10.4 Å². The van der Waals surface area contributed by atoms with Crippen molar-refractivity contribution in [3.8, 4) is 0 Å². The predicted octanol–water partition coefficient (Wildman–Crippen LogP) is 2.88. The topological polar surface area (TPSA) is 35.5 Å². The van der Waals surface area contributed by atoms with Crippen molar-refractivity contribution in [2.45, 2.75) is 72.4 Å². The van der Waals surface area contributed by atoms with Crippen LogP contribution in [0, 0.1) is 11.3 Å². The van der Waals surface area contributed by atoms with E-state index in [1.165, 1.54) is 25.7 Å². The number of rotatable bonds is 8. The molecule has 1 fully saturated rings. The van der Waals surface area contributed by atoms with Gasteiger partial charge in [0.25, 0.3) is 0 Å². The average Bonchev–Trinajstić information content (AvgIpc) is 2.36. The molecule has 1 aliphatic rings. The summed E-state index contributed by atoms with van der Waals surface area (Å²) in [7, 11) is 0. The summed E-state index contributed by atoms with van der Waals surface area (Å²) >= 11 is 0. The van der Waals surface area contributed by atoms with Gasteiger partial charge in [-0.3, -0.25) is 4.90 Å². The van der Waals surface area contributed by atoms with Gasteiger partial charge in [0.2, 0.25) is 0 Å². The zero-order chi connectivity index (χ0) is 15.2. The molecule has 0 aromatic heterocycles. The van der Waals surface area contributed by atoms with E-state index in [0.29, 0.717) is 23.4 Å². The average molecular weight is 284 g/mol. The normalized spacial score (nSPS) is 26.4. The molecule has 1 saturated carbocycles. The van der Waals surface area contributed by atoms with Gasteiger partial charge in [0.1, 0.15) is 0 Å². The van der Waals surface area contributed by atoms with E-state index in [4.69, 9.17) is 0 Å². The molecule has 1 rings (SSSR count). The van der Waals surface area contributed by atoms with Gasteiger partial charge in [-0.25, -0.2) is 0 Å². The highest BCUT2D eigenvalue weighted by molar-refractivity contribution is 4.90. The van der Waals surface area contributed by atoms with Crippen LogP contribution in [0.5, 0.6) is 0 Å². The van der Waals surface area contributed by atoms with Crippen molar-refractivity contribution < 1.29 is 5.11 Å². The highest BCUT2D eigenvalue weighted by Crippen LogP contribution is 2.39. The fraction of sp³-hybridized carbons (Fsp3) is 1.00. The SMILES string of the molecule is CCCNC1CCC(C)(C)CC1CN(CCO)C(C)C. The predicted molar refractivity (Wildman–Crippen MR) is 87.0 cm³/mol. The molecule has 0 spiro atoms. The minimum Gasteiger partial charge on any atom is -0.395 e. The Bertz CT molecular complexity index is 266. The van der Waals surface area contributed by atoms with Gasteiger partial charge in [0.15, 0.2) is 0 Å². The Balaban J connectivity index is 2.66. The summed E-state index contributed by atoms with van der Waals surface area (Å²) < 4.78 is 0. The van der Waals surface area contributed by atoms with Gasteiger partial charge in [-0.05, 0) is 57.4 Å². The van der Waals surface area contributed by atoms with Crippen molar-refractivity contribution in [1.82, 2.24) is 10.2 Å². The molecule has 0 radical (unpaired) electrons. The summed E-state index contributed by atoms with van der Waals surface area (Å²) in [5, 5.41) is 13.0. The van der Waals surface area contributed by atoms with Gasteiger partial charge >= 0.3 is 0 Å². The molecular formula is C17H36N2O. The third-order valence-corrected chi connectivity index (χ3v) is 4.76. The molecule has 0 heterocycles. The maximum atomic E-state index is 9.27. The van der Waals surface area contributed by atoms with Gasteiger partial charge in [0.05, 0.1) is 6.61 Å². The van der Waals surface area contributed by atoms with Gasteiger partial charge in [-0.2, -0.15) is 0 Å². The molecule has 0 aromatic rings. The Kier molecular flexibility index (Phi) is 7.49. The zero-order valence-electron chi connectivity index (χ0n) is 14.3. The van der Waals surface area contributed by atoms with Crippen LogP contribution in [-0.2, 0) is 0 Å². The Morgan fingerprint density at radius 2 is 2.05 bits per heavy atom. The van der Waals surface area contributed by atoms with Gasteiger partial charge in [0, 0.05) is 25.2 Å². The van der Waals surface area contributed by atoms with Crippen molar-refractivity contribution in [3.63, 3.8) is 0 Å². The summed E-state index contributed by atoms with van der Waals surface area (Å²) in [5.41, 5.74) is 0.469. The van der Waals surface area contributed by atoms with Crippen LogP contribution in [0.4, 0.5) is 0 Å². The molecule has 0 amide bonds. The first-order valence-electron chi connectivity index (χ1n) is 8.48. The first kappa shape index (κ1) is 17.9. The number of aliphatic hydroxyl groups excluding tert-OH is 1. The molecule has 2 atom stereocenters. The van der Waals surface area contributed by atoms with E-state index in [0.717, 1.165) is 19.6 Å². The van der Waals surface area contributed by atoms with Crippen LogP contribution in [0.15, 0.2) is 0 Å². The van der Waals surface area contributed by atoms with E-state index in [1.807, 2.05) is 0 Å². The van der Waals surface area contributed by atoms with Gasteiger partial charge in [-0.15, -0.1) is 0 Å². The van der Waals surface area contributed by atoms with Crippen LogP contribution in [0.1, 0.15) is 60.3 Å². The number of nitrogens with one attached hydrogen (secondary N) is 1. The third-order valence-electron chi connectivity index (χ3n) is 4.76. The Labute approximate surface area is 126 Å². The summed E-state index contributed by atoms with van der Waals surface area (Å²) in [6.07, 6.45) is 5.12. The second-order valence-corrected chi connectivity index (χ2v) is 7.54. The van der Waals surface area contributed by atoms with E-state index < -0.39 is 0 Å². The van der Waals surface area contributed by atoms with Crippen molar-refractivity contribution in [2.24, 2.45) is 11.3 Å². The molecule has 120 valence electrons. The van der Waals surface area contributed by atoms with Crippen molar-refractivity contribution in [1.29, 1.82) is 0 Å². The lowest BCUT2D eigenvalue weighted by atomic mass is 9.69. The summed E-state index contributed by atoms with van der Waals surface area (Å²) in [6.45, 7) is 14.8. The highest BCUT2D eigenvalue weighted by Gasteiger charge is 2.35. The Hall–Kier alpha value is -0.120. The highest BCUT2D eigenvalue weighted by atomic mass is 16.3. The largest absolute Gasteiger partial charge is 0.395 e. The Morgan fingerprint density at radius 3 is 2.60 bits per heavy atom. The molecule has 0 bridgehead atoms. The molecule has 2 unspecified atom stereocenters. The zero-order valence-corrected chi connectivity index (χ0v) is 14.3. The quantitative estimate of drug-likeness (QED) is 0.719. The van der Waals surface area contributed by atoms with Crippen molar-refractivity contribution in [2.75, 3.05) is 26.2 Å². The van der Waals surface area contributed by atoms with Crippen LogP contribution in [0.2, 0.25) is 0 Å². The van der Waals surface area contributed by atoms with Crippen LogP contribution >= 0.6 is 0 Å². The van der Waals surface area contributed by atoms with Crippen LogP contribution < -0.4 is 5.32 Å². The molecule has 3 heteroatoms. The lowest BCUT2D eigenvalue weighted by molar-refractivity contribution is 0.0775. The second kappa shape index (κ2) is 8.35. The maximum absolute atomic E-state index is 9.27. The Morgan fingerprint density at radius 1 is 1.35 bits per heavy atom. The monoisotopic (exact) mass is 284 g/mol. The summed E-state index contributed by atoms with van der Waals surface area (Å²) in [5.74, 6) is 0.708. The molecule has 1 aliphatic carbocycles. The fourth-order valence-corrected chi connectivity index (χ4v) is 3.52. The molecule has 0 aliphatic heterocycles. The second-order valence-electron chi connectivity index (χ2n) is 7.54. The minimum atomic E-state index is 0.265. The number of hydrogen-bond acceptors (Lipinski definition) is 3. The lowest BCUT2D eigenvalue weighted by Gasteiger charge is -2.44. The lowest BCUT2D eigenvalue weighted by Crippen LogP contribution is -2.49. The molecule has 0 saturated heterocycles. The number of hydrogen-bond donors (Lipinski definition) is 2. The molecule has 0 aromatic carbocycles. The number of nitrogens with zero attached hydrogens (tertiary/aromatic N) is 1. The summed E-state index contributed by atoms with van der Waals surface area (Å²) in [4.78, 5) is 2.44. The van der Waals surface area contributed by atoms with Gasteiger partial charge in [-0.1, -0.05) is 20.8 Å². The first-order valence-corrected chi connectivity index (χ1v) is 8.48. The molecular weight excluding hydrogens is 248 g/mol. The standard InChI is InChI=1S/C17H36N2O/c1-6-9-18-16-7-8-17(4,5)12-15(16)13-19(10-11-20)14(2)3/h14-16,18,20H,6-13H2,1-5H3. The van der Waals surface area contributed by atoms with E-state index in [1.54, 1.807) is 0 Å². The van der Waals surface area contributed by atoms with Crippen LogP contribution in [0.25, 0.3) is 0 Å². The first-order chi connectivity index (χ1) is 9.39. The molecule has 3 nitrogen and oxygen atoms in total. The van der Waals surface area contributed by atoms with E-state index in [-0.39, 0.29) is 6.61 Å². The van der Waals surface area contributed by atoms with E-state index in [2.05, 4.69) is 44.8 Å². The smallest absolute Gasteiger partial charge is 0.0558 e. The van der Waals surface area contributed by atoms with E-state index >= 15 is 0 Å². The number of aliphatic hydroxyl groups is 1.